The van der Waals surface area contributed by atoms with Crippen molar-refractivity contribution in [2.45, 2.75) is 4.08 Å². The van der Waals surface area contributed by atoms with Gasteiger partial charge >= 0.3 is 0 Å². The van der Waals surface area contributed by atoms with E-state index in [1.807, 2.05) is 47.8 Å². The molecule has 5 heteroatoms. The van der Waals surface area contributed by atoms with Crippen LogP contribution >= 0.6 is 51.1 Å². The highest BCUT2D eigenvalue weighted by atomic mass is 79.9. The van der Waals surface area contributed by atoms with Crippen molar-refractivity contribution in [3.63, 3.8) is 0 Å². The Morgan fingerprint density at radius 3 is 2.35 bits per heavy atom. The molecule has 0 radical (unpaired) electrons. The van der Waals surface area contributed by atoms with Crippen LogP contribution in [0, 0.1) is 0 Å². The van der Waals surface area contributed by atoms with Crippen LogP contribution in [0.1, 0.15) is 11.1 Å². The molecular weight excluding hydrogens is 376 g/mol. The summed E-state index contributed by atoms with van der Waals surface area (Å²) in [6.07, 6.45) is 0. The molecule has 1 saturated heterocycles. The number of halogens is 2. The molecule has 0 aromatic heterocycles. The van der Waals surface area contributed by atoms with Gasteiger partial charge in [-0.05, 0) is 35.9 Å². The van der Waals surface area contributed by atoms with E-state index in [9.17, 15) is 5.11 Å². The molecule has 0 spiro atoms. The minimum absolute atomic E-state index is 0.186. The third kappa shape index (κ3) is 2.59. The van der Waals surface area contributed by atoms with Gasteiger partial charge in [0.1, 0.15) is 9.83 Å². The molecule has 1 aliphatic heterocycles. The van der Waals surface area contributed by atoms with Crippen LogP contribution < -0.4 is 0 Å². The number of benzene rings is 2. The number of aromatic hydroxyl groups is 1. The van der Waals surface area contributed by atoms with E-state index in [4.69, 9.17) is 11.6 Å². The van der Waals surface area contributed by atoms with E-state index in [0.717, 1.165) is 26.6 Å². The third-order valence-electron chi connectivity index (χ3n) is 3.22. The summed E-state index contributed by atoms with van der Waals surface area (Å²) in [5.74, 6) is 2.47. The van der Waals surface area contributed by atoms with E-state index in [1.165, 1.54) is 5.56 Å². The standard InChI is InChI=1S/C15H12BrClOS2/c16-11-3-6-14(17)13(9-11)15(19-7-8-20-15)10-1-4-12(18)5-2-10/h1-6,9,18H,7-8H2. The highest BCUT2D eigenvalue weighted by Crippen LogP contribution is 2.58. The Hall–Kier alpha value is -0.290. The summed E-state index contributed by atoms with van der Waals surface area (Å²) in [6.45, 7) is 0. The quantitative estimate of drug-likeness (QED) is 0.736. The molecule has 2 aromatic carbocycles. The van der Waals surface area contributed by atoms with Crippen LogP contribution in [0.4, 0.5) is 0 Å². The van der Waals surface area contributed by atoms with Crippen molar-refractivity contribution in [3.05, 3.63) is 63.1 Å². The molecule has 20 heavy (non-hydrogen) atoms. The minimum Gasteiger partial charge on any atom is -0.508 e. The fourth-order valence-electron chi connectivity index (χ4n) is 2.32. The van der Waals surface area contributed by atoms with Crippen LogP contribution in [-0.4, -0.2) is 16.6 Å². The molecule has 0 saturated carbocycles. The summed E-state index contributed by atoms with van der Waals surface area (Å²) >= 11 is 13.8. The lowest BCUT2D eigenvalue weighted by Crippen LogP contribution is -2.17. The van der Waals surface area contributed by atoms with Crippen LogP contribution in [0.2, 0.25) is 5.02 Å². The van der Waals surface area contributed by atoms with Gasteiger partial charge in [0.25, 0.3) is 0 Å². The number of hydrogen-bond acceptors (Lipinski definition) is 3. The van der Waals surface area contributed by atoms with Gasteiger partial charge in [-0.1, -0.05) is 39.7 Å². The van der Waals surface area contributed by atoms with E-state index < -0.39 is 0 Å². The van der Waals surface area contributed by atoms with Crippen molar-refractivity contribution in [2.24, 2.45) is 0 Å². The summed E-state index contributed by atoms with van der Waals surface area (Å²) in [6, 6.07) is 13.4. The first-order chi connectivity index (χ1) is 9.62. The van der Waals surface area contributed by atoms with Crippen LogP contribution in [0.15, 0.2) is 46.9 Å². The van der Waals surface area contributed by atoms with Gasteiger partial charge in [0.15, 0.2) is 0 Å². The highest BCUT2D eigenvalue weighted by Gasteiger charge is 2.40. The SMILES string of the molecule is Oc1ccc(C2(c3cc(Br)ccc3Cl)SCCS2)cc1. The normalized spacial score (nSPS) is 17.3. The molecule has 1 N–H and O–H groups in total. The molecule has 0 bridgehead atoms. The van der Waals surface area contributed by atoms with Crippen molar-refractivity contribution < 1.29 is 5.11 Å². The summed E-state index contributed by atoms with van der Waals surface area (Å²) < 4.78 is 0.845. The fourth-order valence-corrected chi connectivity index (χ4v) is 6.38. The monoisotopic (exact) mass is 386 g/mol. The second-order valence-electron chi connectivity index (χ2n) is 4.48. The lowest BCUT2D eigenvalue weighted by atomic mass is 10.0. The topological polar surface area (TPSA) is 20.2 Å². The van der Waals surface area contributed by atoms with Gasteiger partial charge in [-0.3, -0.25) is 0 Å². The fraction of sp³-hybridized carbons (Fsp3) is 0.200. The zero-order chi connectivity index (χ0) is 14.2. The summed E-state index contributed by atoms with van der Waals surface area (Å²) in [4.78, 5) is 0. The Morgan fingerprint density at radius 2 is 1.70 bits per heavy atom. The van der Waals surface area contributed by atoms with Crippen molar-refractivity contribution in [1.29, 1.82) is 0 Å². The van der Waals surface area contributed by atoms with E-state index in [1.54, 1.807) is 12.1 Å². The predicted molar refractivity (Wildman–Crippen MR) is 93.0 cm³/mol. The first kappa shape index (κ1) is 14.6. The summed E-state index contributed by atoms with van der Waals surface area (Å²) in [7, 11) is 0. The average molecular weight is 388 g/mol. The van der Waals surface area contributed by atoms with Crippen LogP contribution in [0.3, 0.4) is 0 Å². The van der Waals surface area contributed by atoms with Gasteiger partial charge in [0.05, 0.1) is 0 Å². The van der Waals surface area contributed by atoms with Gasteiger partial charge in [0, 0.05) is 26.6 Å². The highest BCUT2D eigenvalue weighted by molar-refractivity contribution is 9.10. The zero-order valence-corrected chi connectivity index (χ0v) is 14.5. The molecule has 0 atom stereocenters. The van der Waals surface area contributed by atoms with Crippen molar-refractivity contribution in [3.8, 4) is 5.75 Å². The Morgan fingerprint density at radius 1 is 1.05 bits per heavy atom. The molecule has 1 aliphatic rings. The molecular formula is C15H12BrClOS2. The average Bonchev–Trinajstić information content (AvgIpc) is 2.93. The van der Waals surface area contributed by atoms with Crippen LogP contribution in [0.5, 0.6) is 5.75 Å². The molecule has 1 fully saturated rings. The van der Waals surface area contributed by atoms with Gasteiger partial charge in [-0.25, -0.2) is 0 Å². The Bertz CT molecular complexity index is 624. The minimum atomic E-state index is -0.186. The second kappa shape index (κ2) is 5.84. The first-order valence-corrected chi connectivity index (χ1v) is 9.29. The Balaban J connectivity index is 2.17. The molecule has 0 amide bonds. The Labute approximate surface area is 140 Å². The maximum Gasteiger partial charge on any atom is 0.115 e. The number of phenols is 1. The predicted octanol–water partition coefficient (Wildman–Crippen LogP) is 5.49. The number of thioether (sulfide) groups is 2. The maximum absolute atomic E-state index is 9.51. The molecule has 3 rings (SSSR count). The molecule has 0 aliphatic carbocycles. The largest absolute Gasteiger partial charge is 0.508 e. The van der Waals surface area contributed by atoms with Crippen molar-refractivity contribution in [2.75, 3.05) is 11.5 Å². The lowest BCUT2D eigenvalue weighted by Gasteiger charge is -2.29. The van der Waals surface area contributed by atoms with Gasteiger partial charge in [0.2, 0.25) is 0 Å². The molecule has 0 unspecified atom stereocenters. The molecule has 104 valence electrons. The smallest absolute Gasteiger partial charge is 0.115 e. The number of phenolic OH excluding ortho intramolecular Hbond substituents is 1. The Kier molecular flexibility index (Phi) is 4.27. The van der Waals surface area contributed by atoms with Crippen molar-refractivity contribution >= 4 is 51.1 Å². The summed E-state index contributed by atoms with van der Waals surface area (Å²) in [5.41, 5.74) is 2.29. The van der Waals surface area contributed by atoms with Gasteiger partial charge < -0.3 is 5.11 Å². The van der Waals surface area contributed by atoms with Crippen LogP contribution in [-0.2, 0) is 4.08 Å². The number of hydrogen-bond donors (Lipinski definition) is 1. The van der Waals surface area contributed by atoms with E-state index in [-0.39, 0.29) is 9.83 Å². The van der Waals surface area contributed by atoms with E-state index >= 15 is 0 Å². The second-order valence-corrected chi connectivity index (χ2v) is 8.68. The van der Waals surface area contributed by atoms with Gasteiger partial charge in [-0.15, -0.1) is 23.5 Å². The van der Waals surface area contributed by atoms with Crippen LogP contribution in [0.25, 0.3) is 0 Å². The first-order valence-electron chi connectivity index (χ1n) is 6.15. The lowest BCUT2D eigenvalue weighted by molar-refractivity contribution is 0.475. The van der Waals surface area contributed by atoms with E-state index in [0.29, 0.717) is 0 Å². The maximum atomic E-state index is 9.51. The molecule has 1 nitrogen and oxygen atoms in total. The molecule has 2 aromatic rings. The third-order valence-corrected chi connectivity index (χ3v) is 7.55. The zero-order valence-electron chi connectivity index (χ0n) is 10.5. The molecule has 1 heterocycles. The van der Waals surface area contributed by atoms with Gasteiger partial charge in [-0.2, -0.15) is 0 Å². The van der Waals surface area contributed by atoms with Crippen molar-refractivity contribution in [1.82, 2.24) is 0 Å². The van der Waals surface area contributed by atoms with E-state index in [2.05, 4.69) is 22.0 Å². The summed E-state index contributed by atoms with van der Waals surface area (Å²) in [5, 5.41) is 10.3. The number of rotatable bonds is 2.